The second-order valence-electron chi connectivity index (χ2n) is 16.4. The summed E-state index contributed by atoms with van der Waals surface area (Å²) >= 11 is 0. The summed E-state index contributed by atoms with van der Waals surface area (Å²) in [7, 11) is 0. The summed E-state index contributed by atoms with van der Waals surface area (Å²) in [6, 6.07) is 76.6. The Morgan fingerprint density at radius 2 is 0.783 bits per heavy atom. The van der Waals surface area contributed by atoms with Crippen LogP contribution in [0.3, 0.4) is 0 Å². The number of hydrogen-bond donors (Lipinski definition) is 0. The third kappa shape index (κ3) is 4.84. The van der Waals surface area contributed by atoms with Gasteiger partial charge in [-0.25, -0.2) is 0 Å². The predicted molar refractivity (Wildman–Crippen MR) is 252 cm³/mol. The van der Waals surface area contributed by atoms with Crippen molar-refractivity contribution >= 4 is 65.4 Å². The molecule has 3 heteroatoms. The van der Waals surface area contributed by atoms with Crippen molar-refractivity contribution in [3.8, 4) is 28.2 Å². The predicted octanol–water partition coefficient (Wildman–Crippen LogP) is 14.7. The average Bonchev–Trinajstić information content (AvgIpc) is 3.89. The van der Waals surface area contributed by atoms with E-state index in [9.17, 15) is 0 Å². The average molecular weight is 766 g/mol. The first-order chi connectivity index (χ1) is 29.8. The molecule has 12 aromatic rings. The lowest BCUT2D eigenvalue weighted by molar-refractivity contribution is 0.726. The van der Waals surface area contributed by atoms with Crippen molar-refractivity contribution in [3.05, 3.63) is 223 Å². The molecule has 60 heavy (non-hydrogen) atoms. The van der Waals surface area contributed by atoms with Crippen LogP contribution < -0.4 is 0 Å². The van der Waals surface area contributed by atoms with E-state index in [0.29, 0.717) is 5.92 Å². The third-order valence-electron chi connectivity index (χ3n) is 13.3. The van der Waals surface area contributed by atoms with E-state index in [2.05, 4.69) is 220 Å². The summed E-state index contributed by atoms with van der Waals surface area (Å²) in [6.45, 7) is 0. The molecule has 0 spiro atoms. The van der Waals surface area contributed by atoms with Crippen LogP contribution in [0.1, 0.15) is 29.0 Å². The molecule has 3 heterocycles. The Kier molecular flexibility index (Phi) is 7.20. The maximum absolute atomic E-state index is 2.50. The van der Waals surface area contributed by atoms with Crippen LogP contribution in [0.15, 0.2) is 206 Å². The number of aromatic nitrogens is 3. The fourth-order valence-corrected chi connectivity index (χ4v) is 10.7. The van der Waals surface area contributed by atoms with Crippen LogP contribution in [0.25, 0.3) is 93.6 Å². The van der Waals surface area contributed by atoms with Gasteiger partial charge in [-0.15, -0.1) is 0 Å². The van der Waals surface area contributed by atoms with Crippen LogP contribution in [0.4, 0.5) is 0 Å². The van der Waals surface area contributed by atoms with E-state index in [4.69, 9.17) is 0 Å². The quantitative estimate of drug-likeness (QED) is 0.169. The summed E-state index contributed by atoms with van der Waals surface area (Å²) in [6.07, 6.45) is 2.11. The van der Waals surface area contributed by atoms with Crippen molar-refractivity contribution in [3.63, 3.8) is 0 Å². The van der Waals surface area contributed by atoms with Crippen molar-refractivity contribution in [2.45, 2.75) is 18.8 Å². The Morgan fingerprint density at radius 3 is 1.40 bits per heavy atom. The molecule has 0 unspecified atom stereocenters. The number of benzene rings is 9. The largest absolute Gasteiger partial charge is 0.309 e. The lowest BCUT2D eigenvalue weighted by atomic mass is 9.86. The fraction of sp³-hybridized carbons (Fsp3) is 0.0526. The first-order valence-corrected chi connectivity index (χ1v) is 21.1. The van der Waals surface area contributed by atoms with Gasteiger partial charge in [-0.1, -0.05) is 133 Å². The summed E-state index contributed by atoms with van der Waals surface area (Å²) in [4.78, 5) is 0. The van der Waals surface area contributed by atoms with Gasteiger partial charge in [-0.3, -0.25) is 0 Å². The molecule has 0 bridgehead atoms. The van der Waals surface area contributed by atoms with E-state index in [1.54, 1.807) is 0 Å². The Bertz CT molecular complexity index is 3660. The molecule has 3 nitrogen and oxygen atoms in total. The molecule has 0 aliphatic heterocycles. The minimum Gasteiger partial charge on any atom is -0.309 e. The highest BCUT2D eigenvalue weighted by molar-refractivity contribution is 6.19. The van der Waals surface area contributed by atoms with Gasteiger partial charge < -0.3 is 13.7 Å². The van der Waals surface area contributed by atoms with Gasteiger partial charge in [0.05, 0.1) is 33.1 Å². The molecule has 0 amide bonds. The van der Waals surface area contributed by atoms with E-state index in [-0.39, 0.29) is 0 Å². The molecule has 9 aromatic carbocycles. The van der Waals surface area contributed by atoms with Crippen molar-refractivity contribution in [1.82, 2.24) is 13.7 Å². The highest BCUT2D eigenvalue weighted by Gasteiger charge is 2.26. The number of nitrogens with zero attached hydrogens (tertiary/aromatic N) is 3. The van der Waals surface area contributed by atoms with Crippen LogP contribution in [-0.4, -0.2) is 13.7 Å². The number of hydrogen-bond acceptors (Lipinski definition) is 0. The smallest absolute Gasteiger partial charge is 0.0548 e. The zero-order chi connectivity index (χ0) is 39.3. The highest BCUT2D eigenvalue weighted by Crippen LogP contribution is 2.45. The summed E-state index contributed by atoms with van der Waals surface area (Å²) < 4.78 is 7.39. The van der Waals surface area contributed by atoms with Gasteiger partial charge in [0.2, 0.25) is 0 Å². The second-order valence-corrected chi connectivity index (χ2v) is 16.4. The van der Waals surface area contributed by atoms with E-state index < -0.39 is 0 Å². The molecule has 3 aromatic heterocycles. The lowest BCUT2D eigenvalue weighted by Crippen LogP contribution is -2.01. The maximum Gasteiger partial charge on any atom is 0.0548 e. The highest BCUT2D eigenvalue weighted by atomic mass is 15.0. The Labute approximate surface area is 347 Å². The topological polar surface area (TPSA) is 14.8 Å². The molecule has 0 saturated heterocycles. The molecule has 1 aliphatic rings. The molecule has 0 N–H and O–H groups in total. The summed E-state index contributed by atoms with van der Waals surface area (Å²) in [5.74, 6) is 0.354. The van der Waals surface area contributed by atoms with Crippen LogP contribution in [-0.2, 0) is 6.42 Å². The van der Waals surface area contributed by atoms with E-state index >= 15 is 0 Å². The van der Waals surface area contributed by atoms with E-state index in [1.807, 2.05) is 0 Å². The van der Waals surface area contributed by atoms with Crippen LogP contribution in [0.5, 0.6) is 0 Å². The van der Waals surface area contributed by atoms with Gasteiger partial charge in [0, 0.05) is 55.3 Å². The Hall–Kier alpha value is -7.62. The molecule has 0 fully saturated rings. The minimum absolute atomic E-state index is 0.354. The van der Waals surface area contributed by atoms with Gasteiger partial charge in [-0.2, -0.15) is 0 Å². The minimum atomic E-state index is 0.354. The van der Waals surface area contributed by atoms with Gasteiger partial charge in [-0.05, 0) is 113 Å². The van der Waals surface area contributed by atoms with Crippen LogP contribution in [0, 0.1) is 0 Å². The van der Waals surface area contributed by atoms with Gasteiger partial charge >= 0.3 is 0 Å². The molecule has 0 saturated carbocycles. The van der Waals surface area contributed by atoms with Gasteiger partial charge in [0.15, 0.2) is 0 Å². The molecular formula is C57H39N3. The normalized spacial score (nSPS) is 14.0. The Balaban J connectivity index is 1.04. The number of para-hydroxylation sites is 4. The van der Waals surface area contributed by atoms with Gasteiger partial charge in [0.1, 0.15) is 0 Å². The Morgan fingerprint density at radius 1 is 0.317 bits per heavy atom. The number of rotatable bonds is 4. The molecule has 1 atom stereocenters. The van der Waals surface area contributed by atoms with Crippen molar-refractivity contribution in [1.29, 1.82) is 0 Å². The van der Waals surface area contributed by atoms with E-state index in [0.717, 1.165) is 24.2 Å². The lowest BCUT2D eigenvalue weighted by Gasteiger charge is -2.18. The molecule has 282 valence electrons. The second kappa shape index (κ2) is 12.9. The van der Waals surface area contributed by atoms with Crippen molar-refractivity contribution in [2.24, 2.45) is 0 Å². The monoisotopic (exact) mass is 765 g/mol. The van der Waals surface area contributed by atoms with Crippen LogP contribution in [0.2, 0.25) is 0 Å². The van der Waals surface area contributed by atoms with Gasteiger partial charge in [0.25, 0.3) is 0 Å². The molecule has 13 rings (SSSR count). The molecular weight excluding hydrogens is 727 g/mol. The summed E-state index contributed by atoms with van der Waals surface area (Å²) in [5.41, 5.74) is 17.7. The molecule has 1 aliphatic carbocycles. The first kappa shape index (κ1) is 33.4. The zero-order valence-electron chi connectivity index (χ0n) is 33.0. The first-order valence-electron chi connectivity index (χ1n) is 21.1. The standard InChI is InChI=1S/C57H39N3/c1-3-16-37(17-4-1)42-31-30-38-32-49-45-24-9-13-28-53(45)59(55(49)34-48(38)44-23-8-7-22-43(42)44)40-20-15-21-41(33-40)60-54-29-14-11-26-47(54)51-35-56-50(36-57(51)60)46-25-10-12-27-52(46)58(56)39-18-5-2-6-19-39/h1-29,32-36,42H,30-31H2/t42-/m1/s1. The summed E-state index contributed by atoms with van der Waals surface area (Å²) in [5, 5.41) is 7.59. The number of aryl methyl sites for hydroxylation is 1. The van der Waals surface area contributed by atoms with Crippen molar-refractivity contribution in [2.75, 3.05) is 0 Å². The SMILES string of the molecule is c1ccc([C@H]2CCc3cc4c5ccccc5n(-c5cccc(-n6c7ccccc7c7cc8c(cc76)c6ccccc6n8-c6ccccc6)c5)c4cc3-c3ccccc32)cc1. The fourth-order valence-electron chi connectivity index (χ4n) is 10.7. The maximum atomic E-state index is 2.50. The zero-order valence-corrected chi connectivity index (χ0v) is 33.0. The van der Waals surface area contributed by atoms with E-state index in [1.165, 1.54) is 98.9 Å². The van der Waals surface area contributed by atoms with Crippen LogP contribution >= 0.6 is 0 Å². The third-order valence-corrected chi connectivity index (χ3v) is 13.3. The van der Waals surface area contributed by atoms with Crippen molar-refractivity contribution < 1.29 is 0 Å². The molecule has 0 radical (unpaired) electrons. The number of fused-ring (bicyclic) bond motifs is 12.